The molecule has 2 aromatic carbocycles. The normalized spacial score (nSPS) is 16.3. The first-order valence-electron chi connectivity index (χ1n) is 10.3. The van der Waals surface area contributed by atoms with E-state index in [2.05, 4.69) is 6.07 Å². The molecule has 0 saturated heterocycles. The smallest absolute Gasteiger partial charge is 0.278 e. The Morgan fingerprint density at radius 2 is 1.77 bits per heavy atom. The molecule has 0 aromatic heterocycles. The first kappa shape index (κ1) is 20.2. The van der Waals surface area contributed by atoms with Crippen LogP contribution in [0.15, 0.2) is 54.2 Å². The minimum Gasteiger partial charge on any atom is -0.494 e. The molecule has 2 aliphatic heterocycles. The molecule has 2 heterocycles. The highest BCUT2D eigenvalue weighted by Gasteiger charge is 2.42. The molecule has 0 bridgehead atoms. The van der Waals surface area contributed by atoms with Crippen molar-refractivity contribution in [2.45, 2.75) is 19.8 Å². The third-order valence-corrected chi connectivity index (χ3v) is 5.50. The predicted molar refractivity (Wildman–Crippen MR) is 115 cm³/mol. The summed E-state index contributed by atoms with van der Waals surface area (Å²) < 4.78 is 10.7. The molecule has 0 N–H and O–H groups in total. The van der Waals surface area contributed by atoms with Gasteiger partial charge in [0, 0.05) is 19.3 Å². The standard InChI is InChI=1S/C24H26N2O4/c1-3-30-19-12-10-18(11-13-19)21-22(24(28)26(23(21)27)15-16-29-2)25-14-6-8-17-7-4-5-9-20(17)25/h4-5,7,9-13H,3,6,8,14-16H2,1-2H3. The average molecular weight is 406 g/mol. The Labute approximate surface area is 176 Å². The second-order valence-electron chi connectivity index (χ2n) is 7.32. The first-order valence-corrected chi connectivity index (χ1v) is 10.3. The van der Waals surface area contributed by atoms with Crippen LogP contribution < -0.4 is 9.64 Å². The van der Waals surface area contributed by atoms with Crippen molar-refractivity contribution in [1.29, 1.82) is 0 Å². The Morgan fingerprint density at radius 1 is 1.00 bits per heavy atom. The molecule has 0 radical (unpaired) electrons. The summed E-state index contributed by atoms with van der Waals surface area (Å²) in [6, 6.07) is 15.5. The number of rotatable bonds is 7. The molecule has 0 spiro atoms. The Hall–Kier alpha value is -3.12. The van der Waals surface area contributed by atoms with Gasteiger partial charge in [-0.1, -0.05) is 30.3 Å². The van der Waals surface area contributed by atoms with Gasteiger partial charge in [-0.25, -0.2) is 0 Å². The molecule has 30 heavy (non-hydrogen) atoms. The zero-order valence-electron chi connectivity index (χ0n) is 17.4. The van der Waals surface area contributed by atoms with Crippen molar-refractivity contribution >= 4 is 23.1 Å². The van der Waals surface area contributed by atoms with E-state index in [4.69, 9.17) is 9.47 Å². The van der Waals surface area contributed by atoms with E-state index < -0.39 is 0 Å². The van der Waals surface area contributed by atoms with Gasteiger partial charge in [-0.3, -0.25) is 14.5 Å². The Bertz CT molecular complexity index is 981. The summed E-state index contributed by atoms with van der Waals surface area (Å²) in [6.07, 6.45) is 1.89. The Morgan fingerprint density at radius 3 is 2.50 bits per heavy atom. The lowest BCUT2D eigenvalue weighted by molar-refractivity contribution is -0.137. The van der Waals surface area contributed by atoms with Crippen LogP contribution in [0.5, 0.6) is 5.75 Å². The molecule has 0 saturated carbocycles. The molecule has 2 amide bonds. The number of benzene rings is 2. The second-order valence-corrected chi connectivity index (χ2v) is 7.32. The number of ether oxygens (including phenoxy) is 2. The lowest BCUT2D eigenvalue weighted by atomic mass is 9.98. The number of hydrogen-bond donors (Lipinski definition) is 0. The minimum atomic E-state index is -0.278. The molecular weight excluding hydrogens is 380 g/mol. The molecule has 0 fully saturated rings. The number of nitrogens with zero attached hydrogens (tertiary/aromatic N) is 2. The Kier molecular flexibility index (Phi) is 5.86. The Balaban J connectivity index is 1.81. The van der Waals surface area contributed by atoms with E-state index >= 15 is 0 Å². The molecule has 6 heteroatoms. The largest absolute Gasteiger partial charge is 0.494 e. The third-order valence-electron chi connectivity index (χ3n) is 5.50. The van der Waals surface area contributed by atoms with Crippen LogP contribution >= 0.6 is 0 Å². The van der Waals surface area contributed by atoms with Crippen LogP contribution in [0.4, 0.5) is 5.69 Å². The molecule has 156 valence electrons. The number of carbonyl (C=O) groups is 2. The van der Waals surface area contributed by atoms with Crippen molar-refractivity contribution < 1.29 is 19.1 Å². The first-order chi connectivity index (χ1) is 14.7. The van der Waals surface area contributed by atoms with Crippen molar-refractivity contribution in [3.63, 3.8) is 0 Å². The molecule has 2 aliphatic rings. The third kappa shape index (κ3) is 3.59. The summed E-state index contributed by atoms with van der Waals surface area (Å²) in [4.78, 5) is 30.0. The highest BCUT2D eigenvalue weighted by atomic mass is 16.5. The summed E-state index contributed by atoms with van der Waals surface area (Å²) in [7, 11) is 1.56. The summed E-state index contributed by atoms with van der Waals surface area (Å²) in [5.74, 6) is 0.191. The van der Waals surface area contributed by atoms with Crippen LogP contribution in [0.3, 0.4) is 0 Å². The molecule has 0 aliphatic carbocycles. The zero-order valence-corrected chi connectivity index (χ0v) is 17.4. The highest BCUT2D eigenvalue weighted by molar-refractivity contribution is 6.36. The van der Waals surface area contributed by atoms with Gasteiger partial charge in [0.25, 0.3) is 11.8 Å². The molecule has 0 atom stereocenters. The molecule has 6 nitrogen and oxygen atoms in total. The van der Waals surface area contributed by atoms with Crippen LogP contribution in [-0.4, -0.2) is 50.1 Å². The maximum Gasteiger partial charge on any atom is 0.278 e. The number of fused-ring (bicyclic) bond motifs is 1. The van der Waals surface area contributed by atoms with Gasteiger partial charge in [-0.15, -0.1) is 0 Å². The fourth-order valence-corrected chi connectivity index (χ4v) is 4.11. The van der Waals surface area contributed by atoms with Crippen molar-refractivity contribution in [3.8, 4) is 5.75 Å². The van der Waals surface area contributed by atoms with Gasteiger partial charge < -0.3 is 14.4 Å². The van der Waals surface area contributed by atoms with Crippen LogP contribution in [0.2, 0.25) is 0 Å². The van der Waals surface area contributed by atoms with Gasteiger partial charge in [-0.05, 0) is 49.1 Å². The monoisotopic (exact) mass is 406 g/mol. The number of anilines is 1. The zero-order chi connectivity index (χ0) is 21.1. The van der Waals surface area contributed by atoms with Crippen LogP contribution in [0.1, 0.15) is 24.5 Å². The van der Waals surface area contributed by atoms with E-state index in [1.165, 1.54) is 10.5 Å². The van der Waals surface area contributed by atoms with Gasteiger partial charge in [0.05, 0.1) is 25.3 Å². The minimum absolute atomic E-state index is 0.230. The van der Waals surface area contributed by atoms with E-state index in [0.717, 1.165) is 29.8 Å². The maximum atomic E-state index is 13.4. The lowest BCUT2D eigenvalue weighted by Crippen LogP contribution is -2.38. The summed E-state index contributed by atoms with van der Waals surface area (Å²) in [6.45, 7) is 3.73. The van der Waals surface area contributed by atoms with Crippen LogP contribution in [0.25, 0.3) is 5.57 Å². The number of imide groups is 1. The summed E-state index contributed by atoms with van der Waals surface area (Å²) >= 11 is 0. The number of aryl methyl sites for hydroxylation is 1. The van der Waals surface area contributed by atoms with Gasteiger partial charge in [0.1, 0.15) is 11.4 Å². The predicted octanol–water partition coefficient (Wildman–Crippen LogP) is 3.26. The summed E-state index contributed by atoms with van der Waals surface area (Å²) in [5, 5.41) is 0. The average Bonchev–Trinajstić information content (AvgIpc) is 3.02. The number of para-hydroxylation sites is 1. The summed E-state index contributed by atoms with van der Waals surface area (Å²) in [5.41, 5.74) is 3.80. The van der Waals surface area contributed by atoms with E-state index in [0.29, 0.717) is 31.0 Å². The number of hydrogen-bond acceptors (Lipinski definition) is 5. The second kappa shape index (κ2) is 8.71. The van der Waals surface area contributed by atoms with E-state index in [-0.39, 0.29) is 18.4 Å². The van der Waals surface area contributed by atoms with Crippen LogP contribution in [0, 0.1) is 0 Å². The van der Waals surface area contributed by atoms with E-state index in [9.17, 15) is 9.59 Å². The SMILES string of the molecule is CCOc1ccc(C2=C(N3CCCc4ccccc43)C(=O)N(CCOC)C2=O)cc1. The molecule has 2 aromatic rings. The van der Waals surface area contributed by atoms with Gasteiger partial charge >= 0.3 is 0 Å². The fraction of sp³-hybridized carbons (Fsp3) is 0.333. The highest BCUT2D eigenvalue weighted by Crippen LogP contribution is 2.38. The molecule has 4 rings (SSSR count). The van der Waals surface area contributed by atoms with Crippen molar-refractivity contribution in [1.82, 2.24) is 4.90 Å². The number of carbonyl (C=O) groups excluding carboxylic acids is 2. The van der Waals surface area contributed by atoms with Crippen molar-refractivity contribution in [2.24, 2.45) is 0 Å². The maximum absolute atomic E-state index is 13.4. The van der Waals surface area contributed by atoms with Crippen molar-refractivity contribution in [3.05, 3.63) is 65.4 Å². The quantitative estimate of drug-likeness (QED) is 0.661. The fourth-order valence-electron chi connectivity index (χ4n) is 4.11. The van der Waals surface area contributed by atoms with Gasteiger partial charge in [-0.2, -0.15) is 0 Å². The van der Waals surface area contributed by atoms with Crippen LogP contribution in [-0.2, 0) is 20.7 Å². The lowest BCUT2D eigenvalue weighted by Gasteiger charge is -2.32. The molecular formula is C24H26N2O4. The van der Waals surface area contributed by atoms with E-state index in [1.807, 2.05) is 54.3 Å². The van der Waals surface area contributed by atoms with E-state index in [1.54, 1.807) is 7.11 Å². The number of methoxy groups -OCH3 is 1. The topological polar surface area (TPSA) is 59.1 Å². The number of amides is 2. The van der Waals surface area contributed by atoms with Gasteiger partial charge in [0.2, 0.25) is 0 Å². The molecule has 0 unspecified atom stereocenters. The van der Waals surface area contributed by atoms with Gasteiger partial charge in [0.15, 0.2) is 0 Å². The van der Waals surface area contributed by atoms with Crippen molar-refractivity contribution in [2.75, 3.05) is 38.3 Å².